The zero-order valence-corrected chi connectivity index (χ0v) is 13.1. The Morgan fingerprint density at radius 2 is 2.24 bits per heavy atom. The first kappa shape index (κ1) is 14.7. The van der Waals surface area contributed by atoms with Crippen LogP contribution in [0.2, 0.25) is 0 Å². The van der Waals surface area contributed by atoms with E-state index < -0.39 is 0 Å². The molecule has 2 aliphatic rings. The van der Waals surface area contributed by atoms with Gasteiger partial charge in [0, 0.05) is 50.7 Å². The molecule has 3 heterocycles. The van der Waals surface area contributed by atoms with E-state index in [4.69, 9.17) is 4.74 Å². The molecule has 0 aromatic carbocycles. The molecule has 2 aliphatic heterocycles. The van der Waals surface area contributed by atoms with Crippen LogP contribution in [-0.2, 0) is 16.0 Å². The number of piperazine rings is 1. The summed E-state index contributed by atoms with van der Waals surface area (Å²) in [6.07, 6.45) is 0.863. The number of anilines is 1. The molecule has 0 bridgehead atoms. The number of hydrogen-bond donors (Lipinski definition) is 1. The molecule has 1 amide bonds. The summed E-state index contributed by atoms with van der Waals surface area (Å²) in [5, 5.41) is 4.19. The highest BCUT2D eigenvalue weighted by atomic mass is 32.1. The van der Waals surface area contributed by atoms with Crippen molar-refractivity contribution in [1.29, 1.82) is 0 Å². The average Bonchev–Trinajstić information content (AvgIpc) is 3.04. The van der Waals surface area contributed by atoms with Gasteiger partial charge in [-0.25, -0.2) is 4.98 Å². The lowest BCUT2D eigenvalue weighted by Crippen LogP contribution is -2.57. The molecule has 7 nitrogen and oxygen atoms in total. The fraction of sp³-hybridized carbons (Fsp3) is 0.769. The molecule has 21 heavy (non-hydrogen) atoms. The van der Waals surface area contributed by atoms with Gasteiger partial charge in [-0.1, -0.05) is 6.92 Å². The van der Waals surface area contributed by atoms with Crippen molar-refractivity contribution >= 4 is 22.6 Å². The fourth-order valence-corrected chi connectivity index (χ4v) is 3.38. The first-order chi connectivity index (χ1) is 10.3. The smallest absolute Gasteiger partial charge is 0.242 e. The average molecular weight is 311 g/mol. The van der Waals surface area contributed by atoms with E-state index in [0.717, 1.165) is 50.1 Å². The van der Waals surface area contributed by atoms with Gasteiger partial charge < -0.3 is 19.9 Å². The third-order valence-corrected chi connectivity index (χ3v) is 4.67. The van der Waals surface area contributed by atoms with Crippen molar-refractivity contribution in [3.63, 3.8) is 0 Å². The Hall–Kier alpha value is -1.25. The zero-order valence-electron chi connectivity index (χ0n) is 12.2. The maximum atomic E-state index is 12.4. The molecule has 0 saturated carbocycles. The van der Waals surface area contributed by atoms with Gasteiger partial charge >= 0.3 is 0 Å². The van der Waals surface area contributed by atoms with Crippen LogP contribution in [-0.4, -0.2) is 72.1 Å². The standard InChI is InChI=1S/C13H21N5O2S/c1-2-11-15-13(21-16-11)18-6-4-17(5-7-18)12(19)10-9-20-8-3-14-10/h10,14H,2-9H2,1H3. The summed E-state index contributed by atoms with van der Waals surface area (Å²) in [6.45, 7) is 7.08. The summed E-state index contributed by atoms with van der Waals surface area (Å²) >= 11 is 1.45. The first-order valence-electron chi connectivity index (χ1n) is 7.45. The predicted octanol–water partition coefficient (Wildman–Crippen LogP) is -0.262. The molecule has 2 fully saturated rings. The topological polar surface area (TPSA) is 70.6 Å². The number of hydrogen-bond acceptors (Lipinski definition) is 7. The van der Waals surface area contributed by atoms with E-state index in [-0.39, 0.29) is 11.9 Å². The molecule has 0 spiro atoms. The minimum atomic E-state index is -0.182. The minimum Gasteiger partial charge on any atom is -0.378 e. The van der Waals surface area contributed by atoms with Crippen LogP contribution in [0, 0.1) is 0 Å². The van der Waals surface area contributed by atoms with Crippen LogP contribution in [0.5, 0.6) is 0 Å². The third-order valence-electron chi connectivity index (χ3n) is 3.86. The summed E-state index contributed by atoms with van der Waals surface area (Å²) in [5.41, 5.74) is 0. The van der Waals surface area contributed by atoms with E-state index in [2.05, 4.69) is 26.5 Å². The van der Waals surface area contributed by atoms with Crippen LogP contribution in [0.3, 0.4) is 0 Å². The first-order valence-corrected chi connectivity index (χ1v) is 8.22. The number of amides is 1. The summed E-state index contributed by atoms with van der Waals surface area (Å²) < 4.78 is 9.68. The van der Waals surface area contributed by atoms with Gasteiger partial charge in [0.2, 0.25) is 11.0 Å². The molecule has 1 unspecified atom stereocenters. The van der Waals surface area contributed by atoms with Crippen molar-refractivity contribution in [2.75, 3.05) is 50.8 Å². The van der Waals surface area contributed by atoms with Crippen molar-refractivity contribution in [3.05, 3.63) is 5.82 Å². The second kappa shape index (κ2) is 6.67. The largest absolute Gasteiger partial charge is 0.378 e. The number of ether oxygens (including phenoxy) is 1. The predicted molar refractivity (Wildman–Crippen MR) is 80.7 cm³/mol. The summed E-state index contributed by atoms with van der Waals surface area (Å²) in [6, 6.07) is -0.182. The Morgan fingerprint density at radius 3 is 2.86 bits per heavy atom. The molecule has 3 rings (SSSR count). The minimum absolute atomic E-state index is 0.154. The molecule has 1 aromatic heterocycles. The Labute approximate surface area is 128 Å². The third kappa shape index (κ3) is 3.33. The molecule has 1 N–H and O–H groups in total. The molecule has 2 saturated heterocycles. The van der Waals surface area contributed by atoms with Crippen LogP contribution in [0.15, 0.2) is 0 Å². The highest BCUT2D eigenvalue weighted by Crippen LogP contribution is 2.19. The van der Waals surface area contributed by atoms with Gasteiger partial charge in [0.15, 0.2) is 0 Å². The second-order valence-corrected chi connectivity index (χ2v) is 5.97. The van der Waals surface area contributed by atoms with Crippen molar-refractivity contribution in [2.45, 2.75) is 19.4 Å². The maximum absolute atomic E-state index is 12.4. The maximum Gasteiger partial charge on any atom is 0.242 e. The quantitative estimate of drug-likeness (QED) is 0.829. The molecule has 8 heteroatoms. The monoisotopic (exact) mass is 311 g/mol. The van der Waals surface area contributed by atoms with Crippen LogP contribution in [0.25, 0.3) is 0 Å². The van der Waals surface area contributed by atoms with Gasteiger partial charge in [0.05, 0.1) is 13.2 Å². The Kier molecular flexibility index (Phi) is 4.67. The van der Waals surface area contributed by atoms with E-state index in [1.807, 2.05) is 4.90 Å². The van der Waals surface area contributed by atoms with Crippen molar-refractivity contribution < 1.29 is 9.53 Å². The van der Waals surface area contributed by atoms with Crippen LogP contribution >= 0.6 is 11.5 Å². The van der Waals surface area contributed by atoms with Gasteiger partial charge in [-0.2, -0.15) is 4.37 Å². The number of carbonyl (C=O) groups is 1. The molecular formula is C13H21N5O2S. The molecule has 0 radical (unpaired) electrons. The number of aryl methyl sites for hydroxylation is 1. The van der Waals surface area contributed by atoms with E-state index >= 15 is 0 Å². The number of rotatable bonds is 3. The highest BCUT2D eigenvalue weighted by molar-refractivity contribution is 7.09. The van der Waals surface area contributed by atoms with Crippen molar-refractivity contribution in [2.24, 2.45) is 0 Å². The highest BCUT2D eigenvalue weighted by Gasteiger charge is 2.29. The summed E-state index contributed by atoms with van der Waals surface area (Å²) in [4.78, 5) is 21.0. The second-order valence-electron chi connectivity index (χ2n) is 5.24. The fourth-order valence-electron chi connectivity index (χ4n) is 2.58. The Balaban J connectivity index is 1.53. The van der Waals surface area contributed by atoms with Gasteiger partial charge in [0.25, 0.3) is 0 Å². The summed E-state index contributed by atoms with van der Waals surface area (Å²) in [7, 11) is 0. The lowest BCUT2D eigenvalue weighted by atomic mass is 10.2. The number of nitrogens with zero attached hydrogens (tertiary/aromatic N) is 4. The zero-order chi connectivity index (χ0) is 14.7. The lowest BCUT2D eigenvalue weighted by Gasteiger charge is -2.37. The van der Waals surface area contributed by atoms with Gasteiger partial charge in [-0.05, 0) is 0 Å². The molecule has 0 aliphatic carbocycles. The van der Waals surface area contributed by atoms with Gasteiger partial charge in [-0.3, -0.25) is 4.79 Å². The number of nitrogens with one attached hydrogen (secondary N) is 1. The van der Waals surface area contributed by atoms with E-state index in [1.54, 1.807) is 0 Å². The molecule has 1 atom stereocenters. The molecular weight excluding hydrogens is 290 g/mol. The van der Waals surface area contributed by atoms with Crippen molar-refractivity contribution in [1.82, 2.24) is 19.6 Å². The van der Waals surface area contributed by atoms with Crippen LogP contribution < -0.4 is 10.2 Å². The molecule has 1 aromatic rings. The van der Waals surface area contributed by atoms with Crippen molar-refractivity contribution in [3.8, 4) is 0 Å². The van der Waals surface area contributed by atoms with Crippen LogP contribution in [0.4, 0.5) is 5.13 Å². The number of morpholine rings is 1. The van der Waals surface area contributed by atoms with Gasteiger partial charge in [0.1, 0.15) is 11.9 Å². The normalized spacial score (nSPS) is 23.4. The van der Waals surface area contributed by atoms with Crippen LogP contribution in [0.1, 0.15) is 12.7 Å². The Bertz CT molecular complexity index is 481. The summed E-state index contributed by atoms with van der Waals surface area (Å²) in [5.74, 6) is 1.05. The van der Waals surface area contributed by atoms with E-state index in [9.17, 15) is 4.79 Å². The van der Waals surface area contributed by atoms with Gasteiger partial charge in [-0.15, -0.1) is 0 Å². The molecule has 116 valence electrons. The number of carbonyl (C=O) groups excluding carboxylic acids is 1. The van der Waals surface area contributed by atoms with E-state index in [1.165, 1.54) is 11.5 Å². The Morgan fingerprint density at radius 1 is 1.43 bits per heavy atom. The SMILES string of the molecule is CCc1nsc(N2CCN(C(=O)C3COCCN3)CC2)n1. The number of aromatic nitrogens is 2. The lowest BCUT2D eigenvalue weighted by molar-refractivity contribution is -0.136. The van der Waals surface area contributed by atoms with E-state index in [0.29, 0.717) is 13.2 Å².